The first kappa shape index (κ1) is 15.9. The minimum absolute atomic E-state index is 0. The summed E-state index contributed by atoms with van der Waals surface area (Å²) in [5.41, 5.74) is 0. The molecule has 40 valence electrons. The van der Waals surface area contributed by atoms with E-state index in [0.29, 0.717) is 0 Å². The minimum Gasteiger partial charge on any atom is -0.790 e. The van der Waals surface area contributed by atoms with Crippen molar-refractivity contribution in [3.05, 3.63) is 0 Å². The van der Waals surface area contributed by atoms with Gasteiger partial charge in [0, 0.05) is 0 Å². The molecule has 0 rings (SSSR count). The summed E-state index contributed by atoms with van der Waals surface area (Å²) >= 11 is 0. The summed E-state index contributed by atoms with van der Waals surface area (Å²) in [6.45, 7) is 0. The Bertz CT molecular complexity index is 55.8. The molecule has 0 saturated carbocycles. The van der Waals surface area contributed by atoms with E-state index in [9.17, 15) is 0 Å². The largest absolute Gasteiger partial charge is 2.00 e. The molecule has 1 atom stereocenters. The van der Waals surface area contributed by atoms with Gasteiger partial charge < -0.3 is 19.2 Å². The van der Waals surface area contributed by atoms with Gasteiger partial charge in [0.25, 0.3) is 0 Å². The van der Waals surface area contributed by atoms with Crippen LogP contribution in [0.1, 0.15) is 0 Å². The van der Waals surface area contributed by atoms with E-state index in [4.69, 9.17) is 19.2 Å². The van der Waals surface area contributed by atoms with Crippen LogP contribution >= 0.6 is 17.7 Å². The molecule has 0 radical (unpaired) electrons. The van der Waals surface area contributed by atoms with Crippen LogP contribution in [0.5, 0.6) is 0 Å². The van der Waals surface area contributed by atoms with E-state index in [2.05, 4.69) is 0 Å². The number of hydrogen-bond acceptors (Lipinski definition) is 3. The molecule has 1 unspecified atom stereocenters. The van der Waals surface area contributed by atoms with Gasteiger partial charge in [-0.05, 0) is 0 Å². The van der Waals surface area contributed by atoms with Gasteiger partial charge >= 0.3 is 37.7 Å². The summed E-state index contributed by atoms with van der Waals surface area (Å²) in [5.74, 6) is 0. The Morgan fingerprint density at radius 2 is 1.43 bits per heavy atom. The van der Waals surface area contributed by atoms with Crippen LogP contribution in [0.4, 0.5) is 0 Å². The second-order valence-electron chi connectivity index (χ2n) is 0.469. The average Bonchev–Trinajstić information content (AvgIpc) is 0.722. The first-order chi connectivity index (χ1) is 2.00. The zero-order valence-electron chi connectivity index (χ0n) is 3.53. The van der Waals surface area contributed by atoms with Crippen LogP contribution in [0.15, 0.2) is 0 Å². The first-order valence-corrected chi connectivity index (χ1v) is 2.24. The Balaban J connectivity index is -0.0000000800. The molecule has 0 amide bonds. The second kappa shape index (κ2) is 5.93. The molecule has 7 heavy (non-hydrogen) atoms. The normalized spacial score (nSPS) is 8.43. The SMILES string of the molecule is O=P([O-])([O-])O.P.[Ca+2]. The average molecular weight is 170 g/mol. The number of hydrogen-bond donors (Lipinski definition) is 1. The fourth-order valence-corrected chi connectivity index (χ4v) is 0. The van der Waals surface area contributed by atoms with E-state index in [1.165, 1.54) is 0 Å². The summed E-state index contributed by atoms with van der Waals surface area (Å²) in [5, 5.41) is 0. The van der Waals surface area contributed by atoms with E-state index in [-0.39, 0.29) is 47.6 Å². The monoisotopic (exact) mass is 170 g/mol. The van der Waals surface area contributed by atoms with E-state index >= 15 is 0 Å². The summed E-state index contributed by atoms with van der Waals surface area (Å²) in [6.07, 6.45) is 0. The van der Waals surface area contributed by atoms with Crippen LogP contribution in [0.25, 0.3) is 0 Å². The van der Waals surface area contributed by atoms with Crippen molar-refractivity contribution in [2.24, 2.45) is 0 Å². The Labute approximate surface area is 74.2 Å². The zero-order valence-corrected chi connectivity index (χ0v) is 8.05. The van der Waals surface area contributed by atoms with Gasteiger partial charge in [-0.25, -0.2) is 0 Å². The van der Waals surface area contributed by atoms with Crippen LogP contribution in [-0.4, -0.2) is 42.6 Å². The third kappa shape index (κ3) is 81.0. The van der Waals surface area contributed by atoms with E-state index in [1.54, 1.807) is 0 Å². The van der Waals surface area contributed by atoms with Gasteiger partial charge in [-0.1, -0.05) is 0 Å². The van der Waals surface area contributed by atoms with Crippen LogP contribution in [0.2, 0.25) is 0 Å². The maximum absolute atomic E-state index is 8.66. The molecule has 1 N–H and O–H groups in total. The van der Waals surface area contributed by atoms with Crippen molar-refractivity contribution in [1.29, 1.82) is 0 Å². The molecule has 0 aliphatic heterocycles. The van der Waals surface area contributed by atoms with E-state index in [1.807, 2.05) is 0 Å². The maximum atomic E-state index is 8.66. The van der Waals surface area contributed by atoms with E-state index < -0.39 is 7.82 Å². The van der Waals surface area contributed by atoms with E-state index in [0.717, 1.165) is 0 Å². The van der Waals surface area contributed by atoms with Crippen molar-refractivity contribution in [1.82, 2.24) is 0 Å². The topological polar surface area (TPSA) is 83.4 Å². The van der Waals surface area contributed by atoms with Gasteiger partial charge in [-0.3, -0.25) is 0 Å². The van der Waals surface area contributed by atoms with Gasteiger partial charge in [0.05, 0.1) is 7.82 Å². The molecule has 0 heterocycles. The van der Waals surface area contributed by atoms with Crippen LogP contribution < -0.4 is 9.79 Å². The molecule has 0 spiro atoms. The van der Waals surface area contributed by atoms with Gasteiger partial charge in [-0.15, -0.1) is 0 Å². The van der Waals surface area contributed by atoms with Gasteiger partial charge in [0.1, 0.15) is 0 Å². The van der Waals surface area contributed by atoms with Crippen molar-refractivity contribution in [2.45, 2.75) is 0 Å². The van der Waals surface area contributed by atoms with Crippen LogP contribution in [0, 0.1) is 0 Å². The van der Waals surface area contributed by atoms with Crippen molar-refractivity contribution in [3.8, 4) is 0 Å². The fourth-order valence-electron chi connectivity index (χ4n) is 0. The first-order valence-electron chi connectivity index (χ1n) is 0.748. The molecule has 0 fully saturated rings. The molecular formula is H4CaO4P2. The molecule has 0 saturated heterocycles. The Hall–Kier alpha value is 1.80. The van der Waals surface area contributed by atoms with Crippen molar-refractivity contribution >= 4 is 55.5 Å². The molecule has 0 aliphatic carbocycles. The molecule has 0 aromatic carbocycles. The molecule has 0 aromatic heterocycles. The Morgan fingerprint density at radius 3 is 1.43 bits per heavy atom. The predicted molar refractivity (Wildman–Crippen MR) is 26.7 cm³/mol. The van der Waals surface area contributed by atoms with Gasteiger partial charge in [0.15, 0.2) is 0 Å². The standard InChI is InChI=1S/Ca.H3O4P.H3P/c;1-5(2,3)4;/h;(H3,1,2,3,4);1H3/q+2;;/p-2. The number of rotatable bonds is 0. The molecule has 4 nitrogen and oxygen atoms in total. The minimum atomic E-state index is -5.14. The summed E-state index contributed by atoms with van der Waals surface area (Å²) in [7, 11) is -5.14. The van der Waals surface area contributed by atoms with Gasteiger partial charge in [-0.2, -0.15) is 9.90 Å². The van der Waals surface area contributed by atoms with Crippen molar-refractivity contribution in [3.63, 3.8) is 0 Å². The summed E-state index contributed by atoms with van der Waals surface area (Å²) in [6, 6.07) is 0. The second-order valence-corrected chi connectivity index (χ2v) is 1.41. The fraction of sp³-hybridized carbons (Fsp3) is 0. The van der Waals surface area contributed by atoms with Crippen molar-refractivity contribution < 1.29 is 19.2 Å². The quantitative estimate of drug-likeness (QED) is 0.321. The van der Waals surface area contributed by atoms with Crippen LogP contribution in [0.3, 0.4) is 0 Å². The number of phosphoric acid groups is 1. The maximum Gasteiger partial charge on any atom is 2.00 e. The van der Waals surface area contributed by atoms with Crippen molar-refractivity contribution in [2.75, 3.05) is 0 Å². The molecule has 7 heteroatoms. The molecule has 0 aromatic rings. The molecular weight excluding hydrogens is 166 g/mol. The predicted octanol–water partition coefficient (Wildman–Crippen LogP) is -2.52. The third-order valence-electron chi connectivity index (χ3n) is 0. The van der Waals surface area contributed by atoms with Gasteiger partial charge in [0.2, 0.25) is 0 Å². The molecule has 0 bridgehead atoms. The summed E-state index contributed by atoms with van der Waals surface area (Å²) < 4.78 is 8.66. The van der Waals surface area contributed by atoms with Crippen LogP contribution in [-0.2, 0) is 4.57 Å². The Kier molecular flexibility index (Phi) is 13.5. The smallest absolute Gasteiger partial charge is 0.790 e. The summed E-state index contributed by atoms with van der Waals surface area (Å²) in [4.78, 5) is 24.3. The molecule has 0 aliphatic rings. The third-order valence-corrected chi connectivity index (χ3v) is 0. The Morgan fingerprint density at radius 1 is 1.43 bits per heavy atom. The zero-order chi connectivity index (χ0) is 4.50.